The van der Waals surface area contributed by atoms with Crippen molar-refractivity contribution in [1.29, 1.82) is 0 Å². The average Bonchev–Trinajstić information content (AvgIpc) is 3.13. The third kappa shape index (κ3) is 4.11. The van der Waals surface area contributed by atoms with Gasteiger partial charge in [-0.1, -0.05) is 11.8 Å². The van der Waals surface area contributed by atoms with Gasteiger partial charge in [-0.2, -0.15) is 10.3 Å². The minimum Gasteiger partial charge on any atom is -0.461 e. The molecule has 1 N–H and O–H groups in total. The molecule has 0 aliphatic rings. The molecule has 3 rings (SSSR count). The second kappa shape index (κ2) is 7.96. The molecule has 0 unspecified atom stereocenters. The molecule has 0 radical (unpaired) electrons. The molecule has 0 aliphatic carbocycles. The predicted octanol–water partition coefficient (Wildman–Crippen LogP) is 3.85. The topological polar surface area (TPSA) is 111 Å². The highest BCUT2D eigenvalue weighted by Gasteiger charge is 2.23. The molecular formula is C17H13FN4O4S. The van der Waals surface area contributed by atoms with Crippen LogP contribution in [0.3, 0.4) is 0 Å². The minimum atomic E-state index is -0.689. The van der Waals surface area contributed by atoms with Crippen LogP contribution in [0, 0.1) is 15.9 Å². The van der Waals surface area contributed by atoms with Crippen molar-refractivity contribution in [3.05, 3.63) is 64.1 Å². The fourth-order valence-corrected chi connectivity index (χ4v) is 3.22. The van der Waals surface area contributed by atoms with Crippen molar-refractivity contribution in [2.75, 3.05) is 6.61 Å². The molecule has 0 atom stereocenters. The number of aromatic nitrogens is 3. The maximum Gasteiger partial charge on any atom is 0.361 e. The number of nitro benzene ring substituents is 1. The zero-order chi connectivity index (χ0) is 19.4. The summed E-state index contributed by atoms with van der Waals surface area (Å²) >= 11 is 1.25. The van der Waals surface area contributed by atoms with Crippen LogP contribution in [0.25, 0.3) is 11.3 Å². The molecule has 3 aromatic rings. The second-order valence-corrected chi connectivity index (χ2v) is 6.35. The summed E-state index contributed by atoms with van der Waals surface area (Å²) in [6.07, 6.45) is 0. The molecule has 10 heteroatoms. The largest absolute Gasteiger partial charge is 0.461 e. The first-order chi connectivity index (χ1) is 13.0. The number of hydrogen-bond acceptors (Lipinski definition) is 7. The number of nitrogens with one attached hydrogen (secondary N) is 1. The van der Waals surface area contributed by atoms with Gasteiger partial charge in [0.05, 0.1) is 11.5 Å². The van der Waals surface area contributed by atoms with E-state index < -0.39 is 10.9 Å². The van der Waals surface area contributed by atoms with E-state index in [-0.39, 0.29) is 29.5 Å². The van der Waals surface area contributed by atoms with E-state index in [2.05, 4.69) is 15.4 Å². The lowest BCUT2D eigenvalue weighted by molar-refractivity contribution is -0.384. The molecule has 0 fully saturated rings. The Kier molecular flexibility index (Phi) is 5.46. The van der Waals surface area contributed by atoms with Crippen LogP contribution in [-0.2, 0) is 4.74 Å². The van der Waals surface area contributed by atoms with Crippen LogP contribution in [0.1, 0.15) is 17.4 Å². The molecule has 0 saturated heterocycles. The molecule has 1 heterocycles. The number of carbonyl (C=O) groups excluding carboxylic acids is 1. The van der Waals surface area contributed by atoms with Gasteiger partial charge >= 0.3 is 5.97 Å². The molecule has 0 amide bonds. The van der Waals surface area contributed by atoms with Crippen LogP contribution in [0.2, 0.25) is 0 Å². The summed E-state index contributed by atoms with van der Waals surface area (Å²) in [6, 6.07) is 10.00. The first kappa shape index (κ1) is 18.5. The number of carbonyl (C=O) groups is 1. The first-order valence-electron chi connectivity index (χ1n) is 7.79. The fraction of sp³-hybridized carbons (Fsp3) is 0.118. The molecule has 8 nitrogen and oxygen atoms in total. The number of hydrogen-bond donors (Lipinski definition) is 1. The standard InChI is InChI=1S/C17H13FN4O4S/c1-2-26-17(23)16-15(19-21-20-16)13-9-11(22(24)25)5-8-14(13)27-12-6-3-10(18)4-7-12/h3-9H,2H2,1H3,(H,19,20,21). The molecule has 0 aliphatic heterocycles. The van der Waals surface area contributed by atoms with Crippen LogP contribution < -0.4 is 0 Å². The third-order valence-electron chi connectivity index (χ3n) is 3.49. The SMILES string of the molecule is CCOC(=O)c1n[nH]nc1-c1cc([N+](=O)[O-])ccc1Sc1ccc(F)cc1. The van der Waals surface area contributed by atoms with Gasteiger partial charge < -0.3 is 4.74 Å². The predicted molar refractivity (Wildman–Crippen MR) is 95.0 cm³/mol. The van der Waals surface area contributed by atoms with Crippen LogP contribution >= 0.6 is 11.8 Å². The van der Waals surface area contributed by atoms with Crippen LogP contribution in [0.15, 0.2) is 52.3 Å². The number of non-ortho nitro benzene ring substituents is 1. The Morgan fingerprint density at radius 3 is 2.67 bits per heavy atom. The van der Waals surface area contributed by atoms with E-state index in [0.29, 0.717) is 15.4 Å². The Labute approximate surface area is 156 Å². The molecule has 138 valence electrons. The van der Waals surface area contributed by atoms with Gasteiger partial charge in [-0.25, -0.2) is 9.18 Å². The Morgan fingerprint density at radius 1 is 1.26 bits per heavy atom. The number of halogens is 1. The first-order valence-corrected chi connectivity index (χ1v) is 8.61. The van der Waals surface area contributed by atoms with Gasteiger partial charge in [0.2, 0.25) is 0 Å². The van der Waals surface area contributed by atoms with Crippen LogP contribution in [-0.4, -0.2) is 32.9 Å². The number of benzene rings is 2. The number of ether oxygens (including phenoxy) is 1. The van der Waals surface area contributed by atoms with E-state index in [9.17, 15) is 19.3 Å². The Balaban J connectivity index is 2.08. The number of nitrogens with zero attached hydrogens (tertiary/aromatic N) is 3. The van der Waals surface area contributed by atoms with Crippen molar-refractivity contribution in [3.63, 3.8) is 0 Å². The normalized spacial score (nSPS) is 10.6. The van der Waals surface area contributed by atoms with Crippen molar-refractivity contribution in [3.8, 4) is 11.3 Å². The second-order valence-electron chi connectivity index (χ2n) is 5.23. The van der Waals surface area contributed by atoms with Gasteiger partial charge in [-0.3, -0.25) is 10.1 Å². The van der Waals surface area contributed by atoms with E-state index in [1.807, 2.05) is 0 Å². The zero-order valence-corrected chi connectivity index (χ0v) is 14.8. The maximum absolute atomic E-state index is 13.1. The molecule has 2 aromatic carbocycles. The minimum absolute atomic E-state index is 0.0710. The Morgan fingerprint density at radius 2 is 2.00 bits per heavy atom. The van der Waals surface area contributed by atoms with Crippen molar-refractivity contribution in [1.82, 2.24) is 15.4 Å². The Bertz CT molecular complexity index is 991. The van der Waals surface area contributed by atoms with Crippen molar-refractivity contribution in [2.45, 2.75) is 16.7 Å². The summed E-state index contributed by atoms with van der Waals surface area (Å²) in [5.41, 5.74) is 0.252. The molecular weight excluding hydrogens is 375 g/mol. The lowest BCUT2D eigenvalue weighted by atomic mass is 10.1. The molecule has 0 bridgehead atoms. The highest BCUT2D eigenvalue weighted by molar-refractivity contribution is 7.99. The van der Waals surface area contributed by atoms with Gasteiger partial charge in [-0.15, -0.1) is 5.10 Å². The average molecular weight is 388 g/mol. The van der Waals surface area contributed by atoms with Gasteiger partial charge in [0.15, 0.2) is 5.69 Å². The van der Waals surface area contributed by atoms with E-state index in [4.69, 9.17) is 4.74 Å². The van der Waals surface area contributed by atoms with Gasteiger partial charge in [0.1, 0.15) is 11.5 Å². The number of aromatic amines is 1. The monoisotopic (exact) mass is 388 g/mol. The van der Waals surface area contributed by atoms with Crippen LogP contribution in [0.4, 0.5) is 10.1 Å². The van der Waals surface area contributed by atoms with Crippen LogP contribution in [0.5, 0.6) is 0 Å². The summed E-state index contributed by atoms with van der Waals surface area (Å²) in [6.45, 7) is 1.80. The quantitative estimate of drug-likeness (QED) is 0.388. The van der Waals surface area contributed by atoms with Gasteiger partial charge in [0.25, 0.3) is 5.69 Å². The molecule has 0 saturated carbocycles. The van der Waals surface area contributed by atoms with E-state index in [1.165, 1.54) is 36.0 Å². The maximum atomic E-state index is 13.1. The Hall–Kier alpha value is -3.27. The smallest absolute Gasteiger partial charge is 0.361 e. The number of rotatable bonds is 6. The molecule has 1 aromatic heterocycles. The number of H-pyrrole nitrogens is 1. The van der Waals surface area contributed by atoms with Gasteiger partial charge in [-0.05, 0) is 37.3 Å². The van der Waals surface area contributed by atoms with Crippen molar-refractivity contribution >= 4 is 23.4 Å². The zero-order valence-electron chi connectivity index (χ0n) is 14.0. The molecule has 27 heavy (non-hydrogen) atoms. The highest BCUT2D eigenvalue weighted by Crippen LogP contribution is 2.38. The lowest BCUT2D eigenvalue weighted by Crippen LogP contribution is -2.07. The summed E-state index contributed by atoms with van der Waals surface area (Å²) in [5, 5.41) is 21.3. The third-order valence-corrected chi connectivity index (χ3v) is 4.57. The molecule has 0 spiro atoms. The van der Waals surface area contributed by atoms with E-state index >= 15 is 0 Å². The van der Waals surface area contributed by atoms with Crippen molar-refractivity contribution < 1.29 is 18.8 Å². The summed E-state index contributed by atoms with van der Waals surface area (Å²) in [7, 11) is 0. The number of nitro groups is 1. The van der Waals surface area contributed by atoms with Gasteiger partial charge in [0, 0.05) is 27.5 Å². The van der Waals surface area contributed by atoms with Crippen molar-refractivity contribution in [2.24, 2.45) is 0 Å². The fourth-order valence-electron chi connectivity index (χ4n) is 2.30. The summed E-state index contributed by atoms with van der Waals surface area (Å²) < 4.78 is 18.1. The summed E-state index contributed by atoms with van der Waals surface area (Å²) in [4.78, 5) is 24.0. The highest BCUT2D eigenvalue weighted by atomic mass is 32.2. The number of esters is 1. The van der Waals surface area contributed by atoms with E-state index in [1.54, 1.807) is 25.1 Å². The summed E-state index contributed by atoms with van der Waals surface area (Å²) in [5.74, 6) is -1.06. The lowest BCUT2D eigenvalue weighted by Gasteiger charge is -2.08. The van der Waals surface area contributed by atoms with E-state index in [0.717, 1.165) is 0 Å².